The number of amides is 2. The number of fused-ring (bicyclic) bond motifs is 1. The number of aromatic nitrogens is 1. The first-order chi connectivity index (χ1) is 18.8. The van der Waals surface area contributed by atoms with Gasteiger partial charge in [-0.1, -0.05) is 30.3 Å². The molecule has 2 aromatic carbocycles. The molecule has 39 heavy (non-hydrogen) atoms. The molecule has 0 radical (unpaired) electrons. The van der Waals surface area contributed by atoms with Crippen LogP contribution in [-0.2, 0) is 13.2 Å². The van der Waals surface area contributed by atoms with E-state index in [1.807, 2.05) is 35.2 Å². The molecular weight excluding hydrogens is 511 g/mol. The quantitative estimate of drug-likeness (QED) is 0.521. The molecule has 1 N–H and O–H groups in total. The first kappa shape index (κ1) is 24.0. The molecule has 200 valence electrons. The van der Waals surface area contributed by atoms with E-state index in [1.54, 1.807) is 4.57 Å². The zero-order valence-corrected chi connectivity index (χ0v) is 20.7. The minimum atomic E-state index is -1.15. The minimum Gasteiger partial charge on any atom is -0.483 e. The van der Waals surface area contributed by atoms with Gasteiger partial charge in [0.05, 0.1) is 6.04 Å². The van der Waals surface area contributed by atoms with E-state index in [1.165, 1.54) is 6.20 Å². The van der Waals surface area contributed by atoms with E-state index in [-0.39, 0.29) is 41.6 Å². The first-order valence-electron chi connectivity index (χ1n) is 13.0. The van der Waals surface area contributed by atoms with Crippen LogP contribution in [-0.4, -0.2) is 33.9 Å². The monoisotopic (exact) mass is 535 g/mol. The van der Waals surface area contributed by atoms with Crippen LogP contribution in [0.5, 0.6) is 5.75 Å². The fourth-order valence-electron chi connectivity index (χ4n) is 6.88. The molecule has 4 fully saturated rings. The molecule has 4 heterocycles. The number of rotatable bonds is 6. The lowest BCUT2D eigenvalue weighted by Crippen LogP contribution is -2.46. The molecule has 5 aliphatic rings. The predicted octanol–water partition coefficient (Wildman–Crippen LogP) is 3.81. The van der Waals surface area contributed by atoms with Gasteiger partial charge in [-0.3, -0.25) is 14.4 Å². The van der Waals surface area contributed by atoms with Crippen LogP contribution < -0.4 is 15.5 Å². The molecule has 0 spiro atoms. The van der Waals surface area contributed by atoms with Crippen molar-refractivity contribution >= 4 is 11.8 Å². The van der Waals surface area contributed by atoms with Gasteiger partial charge < -0.3 is 19.5 Å². The fraction of sp³-hybridized carbons (Fsp3) is 0.345. The van der Waals surface area contributed by atoms with Gasteiger partial charge in [-0.25, -0.2) is 13.2 Å². The number of nitrogens with zero attached hydrogens (tertiary/aromatic N) is 2. The topological polar surface area (TPSA) is 80.6 Å². The highest BCUT2D eigenvalue weighted by molar-refractivity contribution is 5.99. The van der Waals surface area contributed by atoms with Gasteiger partial charge in [0.15, 0.2) is 11.4 Å². The number of carbonyl (C=O) groups is 2. The van der Waals surface area contributed by atoms with Gasteiger partial charge in [0, 0.05) is 43.0 Å². The van der Waals surface area contributed by atoms with Crippen molar-refractivity contribution in [2.24, 2.45) is 17.8 Å². The number of pyridine rings is 1. The number of nitrogens with one attached hydrogen (secondary N) is 1. The summed E-state index contributed by atoms with van der Waals surface area (Å²) in [4.78, 5) is 42.5. The zero-order chi connectivity index (χ0) is 27.0. The number of carbonyl (C=O) groups excluding carboxylic acids is 2. The van der Waals surface area contributed by atoms with Crippen molar-refractivity contribution in [2.75, 3.05) is 6.54 Å². The molecule has 1 aromatic heterocycles. The highest BCUT2D eigenvalue weighted by atomic mass is 19.1. The zero-order valence-electron chi connectivity index (χ0n) is 20.7. The van der Waals surface area contributed by atoms with E-state index >= 15 is 0 Å². The first-order valence-corrected chi connectivity index (χ1v) is 13.0. The van der Waals surface area contributed by atoms with Crippen LogP contribution in [0.2, 0.25) is 0 Å². The van der Waals surface area contributed by atoms with Gasteiger partial charge in [0.25, 0.3) is 11.8 Å². The Kier molecular flexibility index (Phi) is 5.37. The number of benzene rings is 2. The Morgan fingerprint density at radius 2 is 1.72 bits per heavy atom. The lowest BCUT2D eigenvalue weighted by Gasteiger charge is -2.37. The van der Waals surface area contributed by atoms with Crippen LogP contribution in [0, 0.1) is 35.2 Å². The average Bonchev–Trinajstić information content (AvgIpc) is 3.48. The molecule has 3 aromatic rings. The lowest BCUT2D eigenvalue weighted by molar-refractivity contribution is 0.0642. The molecule has 8 rings (SSSR count). The molecule has 2 saturated heterocycles. The van der Waals surface area contributed by atoms with Crippen molar-refractivity contribution in [3.8, 4) is 5.75 Å². The third kappa shape index (κ3) is 3.76. The smallest absolute Gasteiger partial charge is 0.274 e. The molecule has 2 aliphatic carbocycles. The Labute approximate surface area is 221 Å². The van der Waals surface area contributed by atoms with E-state index in [2.05, 4.69) is 5.32 Å². The van der Waals surface area contributed by atoms with Crippen LogP contribution >= 0.6 is 0 Å². The number of halogens is 3. The second-order valence-electron chi connectivity index (χ2n) is 10.8. The van der Waals surface area contributed by atoms with E-state index in [9.17, 15) is 27.6 Å². The summed E-state index contributed by atoms with van der Waals surface area (Å²) in [5, 5.41) is 2.38. The van der Waals surface area contributed by atoms with Crippen molar-refractivity contribution in [1.82, 2.24) is 14.8 Å². The maximum Gasteiger partial charge on any atom is 0.274 e. The van der Waals surface area contributed by atoms with E-state index in [0.29, 0.717) is 36.4 Å². The molecule has 2 unspecified atom stereocenters. The normalized spacial score (nSPS) is 25.7. The Balaban J connectivity index is 1.28. The van der Waals surface area contributed by atoms with E-state index in [0.717, 1.165) is 18.4 Å². The van der Waals surface area contributed by atoms with Crippen molar-refractivity contribution in [3.63, 3.8) is 0 Å². The van der Waals surface area contributed by atoms with Gasteiger partial charge in [-0.05, 0) is 36.2 Å². The van der Waals surface area contributed by atoms with E-state index in [4.69, 9.17) is 4.74 Å². The summed E-state index contributed by atoms with van der Waals surface area (Å²) in [6.07, 6.45) is 3.36. The minimum absolute atomic E-state index is 0.0101. The number of hydrogen-bond donors (Lipinski definition) is 1. The Morgan fingerprint density at radius 3 is 2.41 bits per heavy atom. The van der Waals surface area contributed by atoms with Gasteiger partial charge in [0.1, 0.15) is 29.6 Å². The summed E-state index contributed by atoms with van der Waals surface area (Å²) < 4.78 is 49.3. The van der Waals surface area contributed by atoms with Crippen LogP contribution in [0.25, 0.3) is 0 Å². The Bertz CT molecular complexity index is 1560. The number of hydrogen-bond acceptors (Lipinski definition) is 4. The molecule has 6 bridgehead atoms. The highest BCUT2D eigenvalue weighted by Gasteiger charge is 2.65. The molecule has 3 aliphatic heterocycles. The van der Waals surface area contributed by atoms with Crippen molar-refractivity contribution < 1.29 is 27.5 Å². The van der Waals surface area contributed by atoms with E-state index < -0.39 is 40.9 Å². The summed E-state index contributed by atoms with van der Waals surface area (Å²) in [6, 6.07) is 10.3. The van der Waals surface area contributed by atoms with Crippen LogP contribution in [0.4, 0.5) is 13.2 Å². The second-order valence-corrected chi connectivity index (χ2v) is 10.8. The van der Waals surface area contributed by atoms with Crippen LogP contribution in [0.3, 0.4) is 0 Å². The molecule has 10 heteroatoms. The van der Waals surface area contributed by atoms with Crippen molar-refractivity contribution in [3.05, 3.63) is 98.7 Å². The molecule has 2 saturated carbocycles. The molecule has 7 nitrogen and oxygen atoms in total. The highest BCUT2D eigenvalue weighted by Crippen LogP contribution is 2.63. The summed E-state index contributed by atoms with van der Waals surface area (Å²) in [6.45, 7) is -0.0829. The maximum atomic E-state index is 14.1. The number of ether oxygens (including phenoxy) is 1. The largest absolute Gasteiger partial charge is 0.483 e. The van der Waals surface area contributed by atoms with Gasteiger partial charge in [-0.2, -0.15) is 0 Å². The summed E-state index contributed by atoms with van der Waals surface area (Å²) in [5.41, 5.74) is -0.687. The van der Waals surface area contributed by atoms with Gasteiger partial charge in [0.2, 0.25) is 5.43 Å². The Morgan fingerprint density at radius 1 is 1.03 bits per heavy atom. The third-order valence-corrected chi connectivity index (χ3v) is 8.74. The fourth-order valence-corrected chi connectivity index (χ4v) is 6.88. The van der Waals surface area contributed by atoms with Crippen molar-refractivity contribution in [2.45, 2.75) is 38.1 Å². The van der Waals surface area contributed by atoms with Crippen LogP contribution in [0.15, 0.2) is 53.5 Å². The van der Waals surface area contributed by atoms with Crippen molar-refractivity contribution in [1.29, 1.82) is 0 Å². The Hall–Kier alpha value is -4.08. The lowest BCUT2D eigenvalue weighted by atomic mass is 9.94. The predicted molar refractivity (Wildman–Crippen MR) is 133 cm³/mol. The standard InChI is InChI=1S/C29H24F3N3O4/c30-16-8-21(31)19(22(32)9-16)10-33-28(37)20-11-34-23-12-35(24-17-6-15(23)7-18(17)24)29(38)25(34)27(26(20)36)39-13-14-4-2-1-3-5-14/h1-5,8-9,11,15,17-18,23-24H,6-7,10,12-13H2,(H,33,37)/t15-,17+,18?,23+,24?/m0/s1. The second kappa shape index (κ2) is 8.72. The summed E-state index contributed by atoms with van der Waals surface area (Å²) in [5.74, 6) is -3.49. The SMILES string of the molecule is O=C(NCc1c(F)cc(F)cc1F)c1cn2c(c(OCc3ccccc3)c1=O)C(=O)N1C[C@@H]2[C@@H]2CC3C1[C@@H]3C2. The van der Waals surface area contributed by atoms with Gasteiger partial charge in [-0.15, -0.1) is 0 Å². The maximum absolute atomic E-state index is 14.1. The average molecular weight is 536 g/mol. The van der Waals surface area contributed by atoms with Gasteiger partial charge >= 0.3 is 0 Å². The molecular formula is C29H24F3N3O4. The molecule has 5 atom stereocenters. The molecule has 2 amide bonds. The summed E-state index contributed by atoms with van der Waals surface area (Å²) in [7, 11) is 0. The third-order valence-electron chi connectivity index (χ3n) is 8.74. The van der Waals surface area contributed by atoms with Crippen LogP contribution in [0.1, 0.15) is 50.9 Å². The summed E-state index contributed by atoms with van der Waals surface area (Å²) >= 11 is 0.